The highest BCUT2D eigenvalue weighted by molar-refractivity contribution is 9.10. The van der Waals surface area contributed by atoms with Crippen molar-refractivity contribution in [3.05, 3.63) is 40.4 Å². The zero-order chi connectivity index (χ0) is 21.3. The van der Waals surface area contributed by atoms with Crippen molar-refractivity contribution in [3.63, 3.8) is 0 Å². The van der Waals surface area contributed by atoms with Crippen molar-refractivity contribution in [2.75, 3.05) is 25.6 Å². The number of hydrogen-bond acceptors (Lipinski definition) is 6. The monoisotopic (exact) mass is 496 g/mol. The van der Waals surface area contributed by atoms with E-state index in [2.05, 4.69) is 26.0 Å². The lowest BCUT2D eigenvalue weighted by atomic mass is 10.1. The van der Waals surface area contributed by atoms with Crippen LogP contribution in [-0.2, 0) is 21.2 Å². The van der Waals surface area contributed by atoms with Gasteiger partial charge in [0.15, 0.2) is 11.5 Å². The minimum atomic E-state index is -3.65. The topological polar surface area (TPSA) is 103 Å². The molecule has 2 aromatic rings. The molecule has 0 aromatic heterocycles. The first-order valence-electron chi connectivity index (χ1n) is 9.44. The maximum absolute atomic E-state index is 12.7. The molecule has 0 unspecified atom stereocenters. The van der Waals surface area contributed by atoms with Gasteiger partial charge in [0.2, 0.25) is 15.9 Å². The lowest BCUT2D eigenvalue weighted by molar-refractivity contribution is -0.115. The zero-order valence-electron chi connectivity index (χ0n) is 16.2. The predicted molar refractivity (Wildman–Crippen MR) is 114 cm³/mol. The van der Waals surface area contributed by atoms with Crippen molar-refractivity contribution in [2.45, 2.75) is 30.2 Å². The van der Waals surface area contributed by atoms with Gasteiger partial charge >= 0.3 is 0 Å². The second-order valence-electron chi connectivity index (χ2n) is 7.07. The van der Waals surface area contributed by atoms with E-state index >= 15 is 0 Å². The Hall–Kier alpha value is -2.30. The van der Waals surface area contributed by atoms with Gasteiger partial charge in [0.05, 0.1) is 24.1 Å². The second kappa shape index (κ2) is 8.44. The summed E-state index contributed by atoms with van der Waals surface area (Å²) in [4.78, 5) is 12.8. The van der Waals surface area contributed by atoms with Crippen LogP contribution in [0.2, 0.25) is 0 Å². The summed E-state index contributed by atoms with van der Waals surface area (Å²) in [5.41, 5.74) is 1.00. The Labute approximate surface area is 183 Å². The van der Waals surface area contributed by atoms with Gasteiger partial charge in [-0.1, -0.05) is 15.9 Å². The summed E-state index contributed by atoms with van der Waals surface area (Å²) in [7, 11) is -2.19. The molecule has 0 saturated heterocycles. The van der Waals surface area contributed by atoms with Crippen molar-refractivity contribution in [3.8, 4) is 17.2 Å². The number of anilines is 1. The van der Waals surface area contributed by atoms with Crippen molar-refractivity contribution in [2.24, 2.45) is 0 Å². The maximum atomic E-state index is 12.7. The minimum absolute atomic E-state index is 0.0114. The fourth-order valence-electron chi connectivity index (χ4n) is 3.05. The molecule has 160 valence electrons. The molecular formula is C20H21BrN2O6S. The Balaban J connectivity index is 1.53. The first-order chi connectivity index (χ1) is 14.4. The Kier molecular flexibility index (Phi) is 5.90. The number of hydrogen-bond donors (Lipinski definition) is 2. The maximum Gasteiger partial charge on any atom is 0.240 e. The first-order valence-corrected chi connectivity index (χ1v) is 11.7. The predicted octanol–water partition coefficient (Wildman–Crippen LogP) is 2.85. The van der Waals surface area contributed by atoms with Crippen molar-refractivity contribution < 1.29 is 27.4 Å². The van der Waals surface area contributed by atoms with E-state index in [1.807, 2.05) is 0 Å². The van der Waals surface area contributed by atoms with E-state index in [0.29, 0.717) is 30.5 Å². The average molecular weight is 497 g/mol. The number of amides is 1. The molecule has 8 nitrogen and oxygen atoms in total. The number of ether oxygens (including phenoxy) is 3. The van der Waals surface area contributed by atoms with Crippen LogP contribution in [-0.4, -0.2) is 40.7 Å². The Bertz CT molecular complexity index is 1080. The lowest BCUT2D eigenvalue weighted by Gasteiger charge is -2.20. The SMILES string of the molecule is COc1ccc(S(=O)(=O)NC2CC2)cc1NC(=O)Cc1cc2c(cc1Br)OCCO2. The Morgan fingerprint density at radius 3 is 2.53 bits per heavy atom. The van der Waals surface area contributed by atoms with Crippen LogP contribution in [0.15, 0.2) is 39.7 Å². The Morgan fingerprint density at radius 2 is 1.87 bits per heavy atom. The summed E-state index contributed by atoms with van der Waals surface area (Å²) in [6, 6.07) is 7.90. The molecule has 2 aliphatic rings. The second-order valence-corrected chi connectivity index (χ2v) is 9.64. The molecule has 2 N–H and O–H groups in total. The van der Waals surface area contributed by atoms with Crippen LogP contribution in [0.5, 0.6) is 17.2 Å². The van der Waals surface area contributed by atoms with Crippen molar-refractivity contribution in [1.29, 1.82) is 0 Å². The molecule has 30 heavy (non-hydrogen) atoms. The van der Waals surface area contributed by atoms with Gasteiger partial charge in [0, 0.05) is 10.5 Å². The third-order valence-corrected chi connectivity index (χ3v) is 6.97. The molecule has 2 aromatic carbocycles. The standard InChI is InChI=1S/C20H21BrN2O6S/c1-27-17-5-4-14(30(25,26)23-13-2-3-13)10-16(17)22-20(24)9-12-8-18-19(11-15(12)21)29-7-6-28-18/h4-5,8,10-11,13,23H,2-3,6-7,9H2,1H3,(H,22,24). The summed E-state index contributed by atoms with van der Waals surface area (Å²) in [5, 5.41) is 2.75. The van der Waals surface area contributed by atoms with Gasteiger partial charge in [0.25, 0.3) is 0 Å². The molecule has 1 heterocycles. The van der Waals surface area contributed by atoms with E-state index in [1.165, 1.54) is 25.3 Å². The highest BCUT2D eigenvalue weighted by Gasteiger charge is 2.28. The molecule has 0 bridgehead atoms. The third kappa shape index (κ3) is 4.71. The van der Waals surface area contributed by atoms with E-state index < -0.39 is 10.0 Å². The summed E-state index contributed by atoms with van der Waals surface area (Å²) in [6.45, 7) is 0.932. The summed E-state index contributed by atoms with van der Waals surface area (Å²) < 4.78 is 44.7. The normalized spacial score (nSPS) is 15.5. The number of carbonyl (C=O) groups excluding carboxylic acids is 1. The van der Waals surface area contributed by atoms with Crippen LogP contribution in [0, 0.1) is 0 Å². The molecule has 0 spiro atoms. The fourth-order valence-corrected chi connectivity index (χ4v) is 4.84. The molecule has 1 aliphatic carbocycles. The van der Waals surface area contributed by atoms with E-state index in [1.54, 1.807) is 12.1 Å². The van der Waals surface area contributed by atoms with Gasteiger partial charge in [0.1, 0.15) is 19.0 Å². The number of methoxy groups -OCH3 is 1. The van der Waals surface area contributed by atoms with Gasteiger partial charge < -0.3 is 19.5 Å². The molecule has 1 fully saturated rings. The molecular weight excluding hydrogens is 476 g/mol. The zero-order valence-corrected chi connectivity index (χ0v) is 18.6. The van der Waals surface area contributed by atoms with Crippen LogP contribution < -0.4 is 24.2 Å². The summed E-state index contributed by atoms with van der Waals surface area (Å²) in [5.74, 6) is 1.26. The van der Waals surface area contributed by atoms with Gasteiger partial charge in [-0.25, -0.2) is 13.1 Å². The van der Waals surface area contributed by atoms with E-state index in [9.17, 15) is 13.2 Å². The van der Waals surface area contributed by atoms with Crippen LogP contribution in [0.3, 0.4) is 0 Å². The summed E-state index contributed by atoms with van der Waals surface area (Å²) in [6.07, 6.45) is 1.73. The molecule has 1 saturated carbocycles. The molecule has 0 atom stereocenters. The number of benzene rings is 2. The van der Waals surface area contributed by atoms with E-state index in [4.69, 9.17) is 14.2 Å². The van der Waals surface area contributed by atoms with Crippen LogP contribution in [0.25, 0.3) is 0 Å². The van der Waals surface area contributed by atoms with Gasteiger partial charge in [-0.2, -0.15) is 0 Å². The number of rotatable bonds is 7. The minimum Gasteiger partial charge on any atom is -0.495 e. The quantitative estimate of drug-likeness (QED) is 0.610. The number of carbonyl (C=O) groups is 1. The fraction of sp³-hybridized carbons (Fsp3) is 0.350. The third-order valence-electron chi connectivity index (χ3n) is 4.72. The van der Waals surface area contributed by atoms with Gasteiger partial charge in [-0.15, -0.1) is 0 Å². The van der Waals surface area contributed by atoms with Crippen LogP contribution in [0.1, 0.15) is 18.4 Å². The van der Waals surface area contributed by atoms with Gasteiger partial charge in [-0.05, 0) is 48.7 Å². The Morgan fingerprint density at radius 1 is 1.17 bits per heavy atom. The van der Waals surface area contributed by atoms with Crippen molar-refractivity contribution in [1.82, 2.24) is 4.72 Å². The largest absolute Gasteiger partial charge is 0.495 e. The molecule has 1 amide bonds. The number of sulfonamides is 1. The molecule has 4 rings (SSSR count). The molecule has 0 radical (unpaired) electrons. The van der Waals surface area contributed by atoms with E-state index in [-0.39, 0.29) is 29.0 Å². The highest BCUT2D eigenvalue weighted by Crippen LogP contribution is 2.36. The van der Waals surface area contributed by atoms with Crippen LogP contribution in [0.4, 0.5) is 5.69 Å². The smallest absolute Gasteiger partial charge is 0.240 e. The van der Waals surface area contributed by atoms with Crippen LogP contribution >= 0.6 is 15.9 Å². The van der Waals surface area contributed by atoms with Gasteiger partial charge in [-0.3, -0.25) is 4.79 Å². The highest BCUT2D eigenvalue weighted by atomic mass is 79.9. The van der Waals surface area contributed by atoms with E-state index in [0.717, 1.165) is 22.9 Å². The summed E-state index contributed by atoms with van der Waals surface area (Å²) >= 11 is 3.46. The number of halogens is 1. The average Bonchev–Trinajstić information content (AvgIpc) is 3.51. The number of nitrogens with one attached hydrogen (secondary N) is 2. The first kappa shape index (κ1) is 21.0. The number of fused-ring (bicyclic) bond motifs is 1. The molecule has 10 heteroatoms. The van der Waals surface area contributed by atoms with Crippen molar-refractivity contribution >= 4 is 37.5 Å². The lowest BCUT2D eigenvalue weighted by Crippen LogP contribution is -2.26. The molecule has 1 aliphatic heterocycles.